The van der Waals surface area contributed by atoms with Crippen molar-refractivity contribution in [2.45, 2.75) is 9.79 Å². The maximum Gasteiger partial charge on any atom is 0.514 e. The van der Waals surface area contributed by atoms with Gasteiger partial charge in [0.25, 0.3) is 0 Å². The van der Waals surface area contributed by atoms with Crippen molar-refractivity contribution >= 4 is 22.1 Å². The van der Waals surface area contributed by atoms with Gasteiger partial charge in [-0.25, -0.2) is 18.0 Å². The molecule has 0 aliphatic heterocycles. The minimum absolute atomic E-state index is 0.0380. The second-order valence-corrected chi connectivity index (χ2v) is 7.09. The van der Waals surface area contributed by atoms with E-state index in [1.54, 1.807) is 0 Å². The quantitative estimate of drug-likeness (QED) is 0.404. The van der Waals surface area contributed by atoms with Gasteiger partial charge in [0.2, 0.25) is 9.84 Å². The summed E-state index contributed by atoms with van der Waals surface area (Å²) in [5, 5.41) is 0. The summed E-state index contributed by atoms with van der Waals surface area (Å²) in [5.41, 5.74) is 0. The number of terminal acetylenes is 2. The molecule has 9 heteroatoms. The summed E-state index contributed by atoms with van der Waals surface area (Å²) in [6, 6.07) is 10.2. The molecule has 0 aromatic heterocycles. The summed E-state index contributed by atoms with van der Waals surface area (Å²) >= 11 is 0. The van der Waals surface area contributed by atoms with Gasteiger partial charge in [-0.1, -0.05) is 11.8 Å². The van der Waals surface area contributed by atoms with Crippen molar-refractivity contribution in [3.8, 4) is 36.2 Å². The Labute approximate surface area is 167 Å². The molecule has 0 heterocycles. The number of carbonyl (C=O) groups is 2. The van der Waals surface area contributed by atoms with Gasteiger partial charge in [0, 0.05) is 0 Å². The van der Waals surface area contributed by atoms with Crippen molar-refractivity contribution in [1.29, 1.82) is 0 Å². The predicted octanol–water partition coefficient (Wildman–Crippen LogP) is 2.82. The Morgan fingerprint density at radius 1 is 0.724 bits per heavy atom. The molecule has 148 valence electrons. The van der Waals surface area contributed by atoms with Gasteiger partial charge in [0.1, 0.15) is 11.5 Å². The van der Waals surface area contributed by atoms with Crippen LogP contribution in [0.15, 0.2) is 58.3 Å². The zero-order valence-electron chi connectivity index (χ0n) is 14.9. The number of sulfone groups is 1. The lowest BCUT2D eigenvalue weighted by Gasteiger charge is -2.08. The van der Waals surface area contributed by atoms with Gasteiger partial charge in [-0.05, 0) is 48.5 Å². The van der Waals surface area contributed by atoms with E-state index in [-0.39, 0.29) is 34.5 Å². The van der Waals surface area contributed by atoms with E-state index in [0.29, 0.717) is 0 Å². The van der Waals surface area contributed by atoms with Gasteiger partial charge < -0.3 is 18.9 Å². The third-order valence-corrected chi connectivity index (χ3v) is 5.00. The molecule has 0 saturated carbocycles. The molecule has 0 aliphatic carbocycles. The van der Waals surface area contributed by atoms with Crippen molar-refractivity contribution in [2.75, 3.05) is 13.2 Å². The standard InChI is InChI=1S/C20H14O8S/c1-3-13-25-19(21)27-15-5-9-17(10-6-15)29(23,24)18-11-7-16(8-12-18)28-20(22)26-14-4-2/h1-2,5-12H,13-14H2. The highest BCUT2D eigenvalue weighted by Crippen LogP contribution is 2.25. The van der Waals surface area contributed by atoms with Crippen molar-refractivity contribution in [3.05, 3.63) is 48.5 Å². The summed E-state index contributed by atoms with van der Waals surface area (Å²) in [7, 11) is -3.85. The average molecular weight is 414 g/mol. The summed E-state index contributed by atoms with van der Waals surface area (Å²) in [4.78, 5) is 22.6. The molecular formula is C20H14O8S. The van der Waals surface area contributed by atoms with E-state index in [0.717, 1.165) is 0 Å². The summed E-state index contributed by atoms with van der Waals surface area (Å²) in [6.45, 7) is -0.487. The van der Waals surface area contributed by atoms with E-state index in [1.807, 2.05) is 0 Å². The Balaban J connectivity index is 2.08. The van der Waals surface area contributed by atoms with E-state index in [9.17, 15) is 18.0 Å². The second-order valence-electron chi connectivity index (χ2n) is 5.14. The van der Waals surface area contributed by atoms with Gasteiger partial charge in [0.05, 0.1) is 9.79 Å². The highest BCUT2D eigenvalue weighted by molar-refractivity contribution is 7.91. The number of carbonyl (C=O) groups excluding carboxylic acids is 2. The van der Waals surface area contributed by atoms with Gasteiger partial charge in [-0.3, -0.25) is 0 Å². The Morgan fingerprint density at radius 2 is 1.07 bits per heavy atom. The molecule has 0 saturated heterocycles. The fraction of sp³-hybridized carbons (Fsp3) is 0.100. The van der Waals surface area contributed by atoms with E-state index in [4.69, 9.17) is 22.3 Å². The molecule has 2 aromatic carbocycles. The summed E-state index contributed by atoms with van der Waals surface area (Å²) in [5.74, 6) is 4.39. The van der Waals surface area contributed by atoms with E-state index in [2.05, 4.69) is 21.3 Å². The Kier molecular flexibility index (Phi) is 7.24. The first-order valence-corrected chi connectivity index (χ1v) is 9.36. The summed E-state index contributed by atoms with van der Waals surface area (Å²) in [6.07, 6.45) is 7.91. The van der Waals surface area contributed by atoms with Gasteiger partial charge in [-0.2, -0.15) is 0 Å². The lowest BCUT2D eigenvalue weighted by atomic mass is 10.3. The molecule has 0 amide bonds. The van der Waals surface area contributed by atoms with Crippen LogP contribution in [-0.4, -0.2) is 33.9 Å². The molecule has 0 N–H and O–H groups in total. The number of hydrogen-bond acceptors (Lipinski definition) is 8. The van der Waals surface area contributed by atoms with Crippen molar-refractivity contribution in [1.82, 2.24) is 0 Å². The zero-order valence-corrected chi connectivity index (χ0v) is 15.7. The Morgan fingerprint density at radius 3 is 1.38 bits per heavy atom. The molecule has 2 rings (SSSR count). The van der Waals surface area contributed by atoms with Crippen molar-refractivity contribution in [2.24, 2.45) is 0 Å². The molecular weight excluding hydrogens is 400 g/mol. The predicted molar refractivity (Wildman–Crippen MR) is 100.0 cm³/mol. The lowest BCUT2D eigenvalue weighted by molar-refractivity contribution is 0.110. The fourth-order valence-corrected chi connectivity index (χ4v) is 3.22. The molecule has 29 heavy (non-hydrogen) atoms. The molecule has 8 nitrogen and oxygen atoms in total. The maximum atomic E-state index is 12.7. The molecule has 0 spiro atoms. The Hall–Kier alpha value is -3.95. The highest BCUT2D eigenvalue weighted by Gasteiger charge is 2.18. The lowest BCUT2D eigenvalue weighted by Crippen LogP contribution is -2.11. The molecule has 0 bridgehead atoms. The SMILES string of the molecule is C#CCOC(=O)Oc1ccc(S(=O)(=O)c2ccc(OC(=O)OCC#C)cc2)cc1. The largest absolute Gasteiger partial charge is 0.514 e. The third-order valence-electron chi connectivity index (χ3n) is 3.22. The maximum absolute atomic E-state index is 12.7. The van der Waals surface area contributed by atoms with Crippen molar-refractivity contribution in [3.63, 3.8) is 0 Å². The van der Waals surface area contributed by atoms with Crippen LogP contribution in [0.25, 0.3) is 0 Å². The van der Waals surface area contributed by atoms with Crippen LogP contribution < -0.4 is 9.47 Å². The van der Waals surface area contributed by atoms with Crippen LogP contribution in [0.4, 0.5) is 9.59 Å². The fourth-order valence-electron chi connectivity index (χ4n) is 1.96. The molecule has 0 atom stereocenters. The minimum atomic E-state index is -3.85. The molecule has 0 unspecified atom stereocenters. The zero-order chi connectivity index (χ0) is 21.3. The molecule has 0 radical (unpaired) electrons. The highest BCUT2D eigenvalue weighted by atomic mass is 32.2. The van der Waals surface area contributed by atoms with E-state index >= 15 is 0 Å². The molecule has 0 aliphatic rings. The third kappa shape index (κ3) is 6.03. The van der Waals surface area contributed by atoms with Crippen LogP contribution in [-0.2, 0) is 19.3 Å². The smallest absolute Gasteiger partial charge is 0.421 e. The van der Waals surface area contributed by atoms with Gasteiger partial charge in [0.15, 0.2) is 13.2 Å². The molecule has 2 aromatic rings. The Bertz CT molecular complexity index is 974. The van der Waals surface area contributed by atoms with Crippen LogP contribution in [0.3, 0.4) is 0 Å². The van der Waals surface area contributed by atoms with Gasteiger partial charge >= 0.3 is 12.3 Å². The van der Waals surface area contributed by atoms with Crippen LogP contribution in [0.1, 0.15) is 0 Å². The van der Waals surface area contributed by atoms with Crippen LogP contribution >= 0.6 is 0 Å². The first-order valence-electron chi connectivity index (χ1n) is 7.88. The summed E-state index contributed by atoms with van der Waals surface area (Å²) < 4.78 is 44.1. The van der Waals surface area contributed by atoms with Crippen LogP contribution in [0.2, 0.25) is 0 Å². The number of ether oxygens (including phenoxy) is 4. The monoisotopic (exact) mass is 414 g/mol. The topological polar surface area (TPSA) is 105 Å². The first kappa shape index (κ1) is 21.4. The average Bonchev–Trinajstić information content (AvgIpc) is 2.71. The number of hydrogen-bond donors (Lipinski definition) is 0. The van der Waals surface area contributed by atoms with Crippen molar-refractivity contribution < 1.29 is 37.0 Å². The minimum Gasteiger partial charge on any atom is -0.421 e. The van der Waals surface area contributed by atoms with E-state index in [1.165, 1.54) is 48.5 Å². The first-order chi connectivity index (χ1) is 13.9. The van der Waals surface area contributed by atoms with Crippen LogP contribution in [0, 0.1) is 24.7 Å². The molecule has 0 fully saturated rings. The van der Waals surface area contributed by atoms with Crippen LogP contribution in [0.5, 0.6) is 11.5 Å². The normalized spacial score (nSPS) is 10.1. The second kappa shape index (κ2) is 9.83. The number of rotatable bonds is 6. The number of benzene rings is 2. The van der Waals surface area contributed by atoms with Gasteiger partial charge in [-0.15, -0.1) is 12.8 Å². The van der Waals surface area contributed by atoms with E-state index < -0.39 is 22.1 Å².